The first-order valence-corrected chi connectivity index (χ1v) is 12.6. The number of hydrogen-bond acceptors (Lipinski definition) is 7. The van der Waals surface area contributed by atoms with Crippen LogP contribution in [-0.4, -0.2) is 61.2 Å². The zero-order valence-electron chi connectivity index (χ0n) is 18.9. The maximum Gasteiger partial charge on any atom is 0.217 e. The van der Waals surface area contributed by atoms with E-state index >= 15 is 0 Å². The number of sulfonamides is 1. The minimum Gasteiger partial charge on any atom is -0.492 e. The molecule has 4 rings (SSSR count). The van der Waals surface area contributed by atoms with Gasteiger partial charge in [-0.3, -0.25) is 0 Å². The number of benzene rings is 2. The second-order valence-corrected chi connectivity index (χ2v) is 10.1. The van der Waals surface area contributed by atoms with Crippen molar-refractivity contribution < 1.29 is 13.2 Å². The Balaban J connectivity index is 1.34. The lowest BCUT2D eigenvalue weighted by atomic mass is 10.2. The normalized spacial score (nSPS) is 14.8. The van der Waals surface area contributed by atoms with E-state index in [1.54, 1.807) is 0 Å². The van der Waals surface area contributed by atoms with Crippen LogP contribution in [0.1, 0.15) is 11.4 Å². The number of aromatic nitrogens is 2. The van der Waals surface area contributed by atoms with Gasteiger partial charge in [-0.25, -0.2) is 18.4 Å². The van der Waals surface area contributed by atoms with Crippen molar-refractivity contribution in [3.8, 4) is 5.75 Å². The highest BCUT2D eigenvalue weighted by molar-refractivity contribution is 7.89. The molecule has 2 aromatic carbocycles. The molecule has 1 N–H and O–H groups in total. The summed E-state index contributed by atoms with van der Waals surface area (Å²) in [5, 5.41) is 3.32. The number of nitrogens with one attached hydrogen (secondary N) is 1. The summed E-state index contributed by atoms with van der Waals surface area (Å²) in [6.45, 7) is 6.00. The first kappa shape index (κ1) is 23.0. The minimum atomic E-state index is -3.38. The summed E-state index contributed by atoms with van der Waals surface area (Å²) >= 11 is 0. The van der Waals surface area contributed by atoms with Crippen molar-refractivity contribution in [3.05, 3.63) is 72.1 Å². The molecule has 1 fully saturated rings. The summed E-state index contributed by atoms with van der Waals surface area (Å²) in [7, 11) is -3.38. The van der Waals surface area contributed by atoms with Crippen molar-refractivity contribution >= 4 is 27.3 Å². The summed E-state index contributed by atoms with van der Waals surface area (Å²) in [6.07, 6.45) is 0. The van der Waals surface area contributed by atoms with E-state index in [2.05, 4.69) is 20.2 Å². The van der Waals surface area contributed by atoms with Gasteiger partial charge < -0.3 is 15.0 Å². The maximum absolute atomic E-state index is 12.7. The highest BCUT2D eigenvalue weighted by Crippen LogP contribution is 2.22. The number of ether oxygens (including phenoxy) is 1. The quantitative estimate of drug-likeness (QED) is 0.543. The first-order valence-electron chi connectivity index (χ1n) is 11.0. The topological polar surface area (TPSA) is 87.7 Å². The largest absolute Gasteiger partial charge is 0.492 e. The van der Waals surface area contributed by atoms with Gasteiger partial charge in [0.15, 0.2) is 0 Å². The van der Waals surface area contributed by atoms with Crippen molar-refractivity contribution in [1.82, 2.24) is 14.3 Å². The van der Waals surface area contributed by atoms with E-state index in [-0.39, 0.29) is 12.4 Å². The highest BCUT2D eigenvalue weighted by atomic mass is 32.2. The van der Waals surface area contributed by atoms with Crippen molar-refractivity contribution in [3.63, 3.8) is 0 Å². The summed E-state index contributed by atoms with van der Waals surface area (Å²) in [5.41, 5.74) is 2.15. The van der Waals surface area contributed by atoms with Crippen molar-refractivity contribution in [1.29, 1.82) is 0 Å². The van der Waals surface area contributed by atoms with Crippen molar-refractivity contribution in [2.75, 3.05) is 48.8 Å². The number of para-hydroxylation sites is 1. The minimum absolute atomic E-state index is 0.0425. The monoisotopic (exact) mass is 467 g/mol. The van der Waals surface area contributed by atoms with Crippen LogP contribution >= 0.6 is 0 Å². The SMILES string of the molecule is Cc1ccc(Nc2cc(N3CCN(S(=O)(=O)CCOc4ccccc4)CC3)nc(C)n2)cc1. The standard InChI is InChI=1S/C24H29N5O3S/c1-19-8-10-21(11-9-19)27-23-18-24(26-20(2)25-23)28-12-14-29(15-13-28)33(30,31)17-16-32-22-6-4-3-5-7-22/h3-11,18H,12-17H2,1-2H3,(H,25,26,27). The fourth-order valence-corrected chi connectivity index (χ4v) is 4.94. The molecule has 0 aliphatic carbocycles. The molecule has 0 atom stereocenters. The third-order valence-electron chi connectivity index (χ3n) is 5.46. The van der Waals surface area contributed by atoms with E-state index in [1.807, 2.05) is 74.5 Å². The molecule has 33 heavy (non-hydrogen) atoms. The summed E-state index contributed by atoms with van der Waals surface area (Å²) in [6, 6.07) is 19.3. The number of anilines is 3. The lowest BCUT2D eigenvalue weighted by Gasteiger charge is -2.34. The van der Waals surface area contributed by atoms with Gasteiger partial charge in [0, 0.05) is 37.9 Å². The molecule has 0 unspecified atom stereocenters. The molecule has 8 nitrogen and oxygen atoms in total. The molecule has 1 saturated heterocycles. The molecule has 3 aromatic rings. The number of piperazine rings is 1. The fourth-order valence-electron chi connectivity index (χ4n) is 3.67. The Morgan fingerprint density at radius 2 is 1.64 bits per heavy atom. The first-order chi connectivity index (χ1) is 15.9. The van der Waals surface area contributed by atoms with Gasteiger partial charge in [0.05, 0.1) is 5.75 Å². The second-order valence-electron chi connectivity index (χ2n) is 8.01. The molecule has 0 saturated carbocycles. The van der Waals surface area contributed by atoms with Gasteiger partial charge in [0.1, 0.15) is 29.8 Å². The Morgan fingerprint density at radius 1 is 0.939 bits per heavy atom. The zero-order chi connectivity index (χ0) is 23.3. The van der Waals surface area contributed by atoms with Crippen LogP contribution in [0.2, 0.25) is 0 Å². The molecule has 174 valence electrons. The molecule has 2 heterocycles. The van der Waals surface area contributed by atoms with Crippen LogP contribution in [0, 0.1) is 13.8 Å². The van der Waals surface area contributed by atoms with E-state index in [0.29, 0.717) is 37.8 Å². The molecule has 0 bridgehead atoms. The van der Waals surface area contributed by atoms with E-state index in [4.69, 9.17) is 4.74 Å². The fraction of sp³-hybridized carbons (Fsp3) is 0.333. The third kappa shape index (κ3) is 6.21. The van der Waals surface area contributed by atoms with Crippen molar-refractivity contribution in [2.45, 2.75) is 13.8 Å². The van der Waals surface area contributed by atoms with Crippen LogP contribution in [0.15, 0.2) is 60.7 Å². The predicted molar refractivity (Wildman–Crippen MR) is 131 cm³/mol. The van der Waals surface area contributed by atoms with E-state index in [1.165, 1.54) is 9.87 Å². The van der Waals surface area contributed by atoms with Gasteiger partial charge in [-0.05, 0) is 38.1 Å². The van der Waals surface area contributed by atoms with Crippen LogP contribution in [0.3, 0.4) is 0 Å². The molecule has 0 amide bonds. The molecule has 1 aromatic heterocycles. The molecule has 9 heteroatoms. The van der Waals surface area contributed by atoms with Gasteiger partial charge >= 0.3 is 0 Å². The maximum atomic E-state index is 12.7. The highest BCUT2D eigenvalue weighted by Gasteiger charge is 2.27. The Bertz CT molecular complexity index is 1160. The zero-order valence-corrected chi connectivity index (χ0v) is 19.8. The van der Waals surface area contributed by atoms with Crippen molar-refractivity contribution in [2.24, 2.45) is 0 Å². The molecule has 1 aliphatic heterocycles. The Kier molecular flexibility index (Phi) is 7.10. The van der Waals surface area contributed by atoms with Crippen LogP contribution < -0.4 is 15.0 Å². The van der Waals surface area contributed by atoms with Crippen LogP contribution in [0.5, 0.6) is 5.75 Å². The second kappa shape index (κ2) is 10.2. The van der Waals surface area contributed by atoms with E-state index in [0.717, 1.165) is 17.3 Å². The Hall–Kier alpha value is -3.17. The van der Waals surface area contributed by atoms with Gasteiger partial charge in [-0.1, -0.05) is 35.9 Å². The smallest absolute Gasteiger partial charge is 0.217 e. The Morgan fingerprint density at radius 3 is 2.33 bits per heavy atom. The molecule has 1 aliphatic rings. The van der Waals surface area contributed by atoms with E-state index < -0.39 is 10.0 Å². The molecular formula is C24H29N5O3S. The van der Waals surface area contributed by atoms with E-state index in [9.17, 15) is 8.42 Å². The van der Waals surface area contributed by atoms with Gasteiger partial charge in [-0.2, -0.15) is 4.31 Å². The van der Waals surface area contributed by atoms with Gasteiger partial charge in [-0.15, -0.1) is 0 Å². The van der Waals surface area contributed by atoms with Gasteiger partial charge in [0.25, 0.3) is 0 Å². The molecular weight excluding hydrogens is 438 g/mol. The molecule has 0 spiro atoms. The number of rotatable bonds is 8. The van der Waals surface area contributed by atoms with Crippen LogP contribution in [-0.2, 0) is 10.0 Å². The van der Waals surface area contributed by atoms with Crippen LogP contribution in [0.25, 0.3) is 0 Å². The average Bonchev–Trinajstić information content (AvgIpc) is 2.81. The number of hydrogen-bond donors (Lipinski definition) is 1. The van der Waals surface area contributed by atoms with Gasteiger partial charge in [0.2, 0.25) is 10.0 Å². The summed E-state index contributed by atoms with van der Waals surface area (Å²) in [4.78, 5) is 11.2. The van der Waals surface area contributed by atoms with Crippen LogP contribution in [0.4, 0.5) is 17.3 Å². The number of nitrogens with zero attached hydrogens (tertiary/aromatic N) is 4. The summed E-state index contributed by atoms with van der Waals surface area (Å²) < 4.78 is 32.6. The third-order valence-corrected chi connectivity index (χ3v) is 7.29. The lowest BCUT2D eigenvalue weighted by Crippen LogP contribution is -2.50. The summed E-state index contributed by atoms with van der Waals surface area (Å²) in [5.74, 6) is 2.80. The number of aryl methyl sites for hydroxylation is 2. The average molecular weight is 468 g/mol. The Labute approximate surface area is 195 Å². The molecule has 0 radical (unpaired) electrons. The predicted octanol–water partition coefficient (Wildman–Crippen LogP) is 3.37. The lowest BCUT2D eigenvalue weighted by molar-refractivity contribution is 0.331.